The number of carbonyl (C=O) groups is 2. The molecule has 0 saturated heterocycles. The number of alkyl halides is 3. The number of nitrogens with zero attached hydrogens (tertiary/aromatic N) is 2. The van der Waals surface area contributed by atoms with Gasteiger partial charge in [-0.25, -0.2) is 4.79 Å². The summed E-state index contributed by atoms with van der Waals surface area (Å²) in [7, 11) is 0.884. The van der Waals surface area contributed by atoms with E-state index in [1.807, 2.05) is 6.07 Å². The third-order valence-electron chi connectivity index (χ3n) is 6.10. The first-order valence-corrected chi connectivity index (χ1v) is 12.4. The van der Waals surface area contributed by atoms with Crippen LogP contribution in [0, 0.1) is 16.0 Å². The number of nitro groups is 1. The van der Waals surface area contributed by atoms with E-state index in [2.05, 4.69) is 15.0 Å². The maximum atomic E-state index is 14.0. The zero-order chi connectivity index (χ0) is 30.2. The minimum absolute atomic E-state index is 0.00222. The normalized spacial score (nSPS) is 17.9. The van der Waals surface area contributed by atoms with Gasteiger partial charge in [0, 0.05) is 36.8 Å². The summed E-state index contributed by atoms with van der Waals surface area (Å²) in [5.41, 5.74) is -2.78. The molecule has 11 nitrogen and oxygen atoms in total. The number of para-hydroxylation sites is 1. The lowest BCUT2D eigenvalue weighted by molar-refractivity contribution is -0.384. The van der Waals surface area contributed by atoms with Crippen LogP contribution < -0.4 is 10.1 Å². The maximum absolute atomic E-state index is 14.0. The second kappa shape index (κ2) is 13.9. The highest BCUT2D eigenvalue weighted by molar-refractivity contribution is 6.10. The summed E-state index contributed by atoms with van der Waals surface area (Å²) in [6, 6.07) is 13.5. The number of halogens is 3. The average Bonchev–Trinajstić information content (AvgIpc) is 2.94. The number of aliphatic imine (C=N–C) groups is 1. The van der Waals surface area contributed by atoms with Crippen molar-refractivity contribution in [3.8, 4) is 5.75 Å². The molecule has 1 aliphatic rings. The van der Waals surface area contributed by atoms with Crippen LogP contribution >= 0.6 is 0 Å². The van der Waals surface area contributed by atoms with Gasteiger partial charge in [0.1, 0.15) is 36.7 Å². The van der Waals surface area contributed by atoms with Gasteiger partial charge in [-0.1, -0.05) is 30.3 Å². The van der Waals surface area contributed by atoms with E-state index in [9.17, 15) is 38.0 Å². The number of aliphatic hydroxyl groups excluding tert-OH is 1. The Balaban J connectivity index is 1.76. The van der Waals surface area contributed by atoms with Gasteiger partial charge in [0.15, 0.2) is 0 Å². The summed E-state index contributed by atoms with van der Waals surface area (Å²) in [6.07, 6.45) is -5.95. The molecule has 41 heavy (non-hydrogen) atoms. The Morgan fingerprint density at radius 2 is 1.88 bits per heavy atom. The molecule has 1 heterocycles. The van der Waals surface area contributed by atoms with Crippen LogP contribution in [0.5, 0.6) is 5.75 Å². The summed E-state index contributed by atoms with van der Waals surface area (Å²) < 4.78 is 57.2. The number of aliphatic hydroxyl groups is 1. The Kier molecular flexibility index (Phi) is 10.6. The number of rotatable bonds is 12. The molecule has 1 aliphatic heterocycles. The standard InChI is InChI=1S/C27H28F3N3O8/c1-16-21(26(36)40-12-11-31-14-19(34)15-41-20-9-4-3-5-10-20)22(17-7-6-8-18(13-17)33(37)38)23(25(35)39-2)24(32-16)27(28,29)30/h3-10,13,19,22-23,31,34H,11-12,14-15H2,1-2H3. The summed E-state index contributed by atoms with van der Waals surface area (Å²) in [5.74, 6) is -5.56. The van der Waals surface area contributed by atoms with Crippen molar-refractivity contribution in [3.05, 3.63) is 81.5 Å². The number of non-ortho nitro benzene ring substituents is 1. The Bertz CT molecular complexity index is 1310. The second-order valence-electron chi connectivity index (χ2n) is 8.94. The molecular weight excluding hydrogens is 551 g/mol. The van der Waals surface area contributed by atoms with Crippen molar-refractivity contribution in [1.29, 1.82) is 0 Å². The molecule has 3 rings (SSSR count). The van der Waals surface area contributed by atoms with E-state index in [4.69, 9.17) is 9.47 Å². The van der Waals surface area contributed by atoms with E-state index >= 15 is 0 Å². The van der Waals surface area contributed by atoms with Gasteiger partial charge in [-0.3, -0.25) is 19.9 Å². The highest BCUT2D eigenvalue weighted by Crippen LogP contribution is 2.44. The fourth-order valence-electron chi connectivity index (χ4n) is 4.27. The third kappa shape index (κ3) is 8.11. The zero-order valence-electron chi connectivity index (χ0n) is 22.1. The lowest BCUT2D eigenvalue weighted by Crippen LogP contribution is -2.44. The van der Waals surface area contributed by atoms with Crippen LogP contribution in [0.3, 0.4) is 0 Å². The van der Waals surface area contributed by atoms with Crippen molar-refractivity contribution in [1.82, 2.24) is 5.32 Å². The van der Waals surface area contributed by atoms with Gasteiger partial charge in [0.25, 0.3) is 5.69 Å². The number of nitrogens with one attached hydrogen (secondary N) is 1. The molecule has 0 amide bonds. The van der Waals surface area contributed by atoms with Gasteiger partial charge in [-0.05, 0) is 24.6 Å². The van der Waals surface area contributed by atoms with Crippen LogP contribution in [0.1, 0.15) is 18.4 Å². The lowest BCUT2D eigenvalue weighted by Gasteiger charge is -2.32. The number of ether oxygens (including phenoxy) is 3. The summed E-state index contributed by atoms with van der Waals surface area (Å²) >= 11 is 0. The highest BCUT2D eigenvalue weighted by Gasteiger charge is 2.52. The molecular formula is C27H28F3N3O8. The van der Waals surface area contributed by atoms with Crippen molar-refractivity contribution < 1.29 is 47.0 Å². The van der Waals surface area contributed by atoms with E-state index in [0.717, 1.165) is 26.2 Å². The van der Waals surface area contributed by atoms with Crippen LogP contribution in [-0.4, -0.2) is 73.4 Å². The first kappa shape index (κ1) is 31.2. The lowest BCUT2D eigenvalue weighted by atomic mass is 9.75. The Morgan fingerprint density at radius 1 is 1.17 bits per heavy atom. The Hall–Kier alpha value is -4.30. The number of benzene rings is 2. The maximum Gasteiger partial charge on any atom is 0.430 e. The first-order valence-electron chi connectivity index (χ1n) is 12.4. The molecule has 14 heteroatoms. The Morgan fingerprint density at radius 3 is 2.51 bits per heavy atom. The third-order valence-corrected chi connectivity index (χ3v) is 6.10. The smallest absolute Gasteiger partial charge is 0.430 e. The SMILES string of the molecule is COC(=O)C1C(C(F)(F)F)=NC(C)=C(C(=O)OCCNCC(O)COc2ccccc2)C1c1cccc([N+](=O)[O-])c1. The van der Waals surface area contributed by atoms with E-state index in [0.29, 0.717) is 5.75 Å². The molecule has 3 atom stereocenters. The minimum atomic E-state index is -5.07. The number of nitro benzene ring substituents is 1. The fourth-order valence-corrected chi connectivity index (χ4v) is 4.27. The molecule has 0 bridgehead atoms. The number of hydrogen-bond donors (Lipinski definition) is 2. The molecule has 0 aromatic heterocycles. The van der Waals surface area contributed by atoms with E-state index in [1.54, 1.807) is 24.3 Å². The summed E-state index contributed by atoms with van der Waals surface area (Å²) in [6.45, 7) is 1.07. The predicted molar refractivity (Wildman–Crippen MR) is 139 cm³/mol. The van der Waals surface area contributed by atoms with Crippen molar-refractivity contribution in [3.63, 3.8) is 0 Å². The van der Waals surface area contributed by atoms with Crippen molar-refractivity contribution in [2.24, 2.45) is 10.9 Å². The molecule has 0 saturated carbocycles. The topological polar surface area (TPSA) is 150 Å². The largest absolute Gasteiger partial charge is 0.491 e. The van der Waals surface area contributed by atoms with Crippen LogP contribution in [0.15, 0.2) is 70.9 Å². The number of methoxy groups -OCH3 is 1. The summed E-state index contributed by atoms with van der Waals surface area (Å²) in [4.78, 5) is 39.9. The minimum Gasteiger partial charge on any atom is -0.491 e. The van der Waals surface area contributed by atoms with Gasteiger partial charge >= 0.3 is 18.1 Å². The van der Waals surface area contributed by atoms with Crippen molar-refractivity contribution in [2.45, 2.75) is 25.1 Å². The molecule has 2 N–H and O–H groups in total. The molecule has 0 fully saturated rings. The average molecular weight is 580 g/mol. The molecule has 220 valence electrons. The van der Waals surface area contributed by atoms with Crippen LogP contribution in [0.4, 0.5) is 18.9 Å². The van der Waals surface area contributed by atoms with Gasteiger partial charge in [0.05, 0.1) is 17.6 Å². The Labute approximate surface area is 232 Å². The molecule has 0 spiro atoms. The first-order chi connectivity index (χ1) is 19.4. The van der Waals surface area contributed by atoms with Crippen LogP contribution in [-0.2, 0) is 19.1 Å². The predicted octanol–water partition coefficient (Wildman–Crippen LogP) is 3.33. The van der Waals surface area contributed by atoms with Crippen molar-refractivity contribution >= 4 is 23.3 Å². The van der Waals surface area contributed by atoms with E-state index in [1.165, 1.54) is 12.1 Å². The molecule has 0 aliphatic carbocycles. The van der Waals surface area contributed by atoms with E-state index in [-0.39, 0.29) is 43.1 Å². The zero-order valence-corrected chi connectivity index (χ0v) is 22.1. The second-order valence-corrected chi connectivity index (χ2v) is 8.94. The molecule has 0 radical (unpaired) electrons. The fraction of sp³-hybridized carbons (Fsp3) is 0.370. The van der Waals surface area contributed by atoms with Gasteiger partial charge in [-0.2, -0.15) is 13.2 Å². The monoisotopic (exact) mass is 579 g/mol. The number of allylic oxidation sites excluding steroid dienone is 1. The highest BCUT2D eigenvalue weighted by atomic mass is 19.4. The van der Waals surface area contributed by atoms with Crippen LogP contribution in [0.25, 0.3) is 0 Å². The van der Waals surface area contributed by atoms with Gasteiger partial charge in [-0.15, -0.1) is 0 Å². The number of esters is 2. The van der Waals surface area contributed by atoms with Crippen LogP contribution in [0.2, 0.25) is 0 Å². The van der Waals surface area contributed by atoms with Crippen molar-refractivity contribution in [2.75, 3.05) is 33.4 Å². The molecule has 2 aromatic rings. The molecule has 3 unspecified atom stereocenters. The quantitative estimate of drug-likeness (QED) is 0.167. The molecule has 2 aromatic carbocycles. The van der Waals surface area contributed by atoms with Gasteiger partial charge in [0.2, 0.25) is 0 Å². The van der Waals surface area contributed by atoms with Gasteiger partial charge < -0.3 is 24.6 Å². The number of hydrogen-bond acceptors (Lipinski definition) is 10. The van der Waals surface area contributed by atoms with E-state index < -0.39 is 52.4 Å². The summed E-state index contributed by atoms with van der Waals surface area (Å²) in [5, 5.41) is 24.3. The number of carbonyl (C=O) groups excluding carboxylic acids is 2.